The van der Waals surface area contributed by atoms with Gasteiger partial charge in [0.1, 0.15) is 0 Å². The SMILES string of the molecule is Cc1cccc(N(c2ccc(C3=CCC(N(C4=CC(C)CC=C4)c4ccccc4)C=C3)cc2)C2CC=CCC2)c1. The molecule has 3 unspecified atom stereocenters. The lowest BCUT2D eigenvalue weighted by Gasteiger charge is -2.36. The second kappa shape index (κ2) is 12.0. The van der Waals surface area contributed by atoms with E-state index in [1.54, 1.807) is 0 Å². The van der Waals surface area contributed by atoms with Gasteiger partial charge in [-0.1, -0.05) is 91.9 Å². The van der Waals surface area contributed by atoms with E-state index in [9.17, 15) is 0 Å². The van der Waals surface area contributed by atoms with E-state index in [1.165, 1.54) is 45.9 Å². The molecule has 3 aromatic rings. The first kappa shape index (κ1) is 26.2. The monoisotopic (exact) mass is 524 g/mol. The van der Waals surface area contributed by atoms with Gasteiger partial charge in [0.15, 0.2) is 0 Å². The summed E-state index contributed by atoms with van der Waals surface area (Å²) in [4.78, 5) is 5.04. The maximum atomic E-state index is 2.55. The van der Waals surface area contributed by atoms with Crippen LogP contribution in [0.5, 0.6) is 0 Å². The van der Waals surface area contributed by atoms with Crippen LogP contribution in [-0.2, 0) is 0 Å². The molecule has 40 heavy (non-hydrogen) atoms. The van der Waals surface area contributed by atoms with Gasteiger partial charge >= 0.3 is 0 Å². The number of allylic oxidation sites excluding steroid dienone is 6. The lowest BCUT2D eigenvalue weighted by molar-refractivity contribution is 0.591. The van der Waals surface area contributed by atoms with Crippen molar-refractivity contribution in [3.8, 4) is 0 Å². The van der Waals surface area contributed by atoms with Crippen molar-refractivity contribution in [1.29, 1.82) is 0 Å². The summed E-state index contributed by atoms with van der Waals surface area (Å²) < 4.78 is 0. The Bertz CT molecular complexity index is 1450. The van der Waals surface area contributed by atoms with Crippen LogP contribution in [0.15, 0.2) is 133 Å². The molecule has 2 heteroatoms. The number of aryl methyl sites for hydroxylation is 1. The number of rotatable bonds is 7. The molecule has 0 saturated heterocycles. The number of benzene rings is 3. The second-order valence-electron chi connectivity index (χ2n) is 11.4. The number of hydrogen-bond acceptors (Lipinski definition) is 2. The molecule has 0 aromatic heterocycles. The fourth-order valence-electron chi connectivity index (χ4n) is 6.29. The fraction of sp³-hybridized carbons (Fsp3) is 0.263. The van der Waals surface area contributed by atoms with Gasteiger partial charge in [0.05, 0.1) is 6.04 Å². The molecule has 0 bridgehead atoms. The Morgan fingerprint density at radius 1 is 0.700 bits per heavy atom. The average molecular weight is 525 g/mol. The van der Waals surface area contributed by atoms with Crippen molar-refractivity contribution < 1.29 is 0 Å². The van der Waals surface area contributed by atoms with Crippen molar-refractivity contribution in [2.45, 2.75) is 58.0 Å². The van der Waals surface area contributed by atoms with Crippen molar-refractivity contribution in [3.63, 3.8) is 0 Å². The molecule has 3 aliphatic rings. The van der Waals surface area contributed by atoms with E-state index in [0.29, 0.717) is 18.0 Å². The van der Waals surface area contributed by atoms with E-state index in [2.05, 4.69) is 151 Å². The first-order valence-electron chi connectivity index (χ1n) is 14.9. The van der Waals surface area contributed by atoms with Crippen molar-refractivity contribution in [2.75, 3.05) is 9.80 Å². The molecule has 0 radical (unpaired) electrons. The van der Waals surface area contributed by atoms with Gasteiger partial charge in [0.25, 0.3) is 0 Å². The Morgan fingerprint density at radius 3 is 2.20 bits per heavy atom. The van der Waals surface area contributed by atoms with Crippen LogP contribution in [0.3, 0.4) is 0 Å². The molecule has 6 rings (SSSR count). The summed E-state index contributed by atoms with van der Waals surface area (Å²) in [5.74, 6) is 0.562. The van der Waals surface area contributed by atoms with Gasteiger partial charge in [-0.05, 0) is 104 Å². The number of hydrogen-bond donors (Lipinski definition) is 0. The summed E-state index contributed by atoms with van der Waals surface area (Å²) in [5, 5.41) is 0. The molecule has 0 fully saturated rings. The van der Waals surface area contributed by atoms with Gasteiger partial charge in [-0.15, -0.1) is 0 Å². The molecule has 0 spiro atoms. The zero-order chi connectivity index (χ0) is 27.3. The standard InChI is InChI=1S/C38H40N2/c1-29-11-9-17-37(27-29)39(33-13-5-3-6-14-33)35-23-19-31(20-24-35)32-21-25-36(26-22-32)40(34-15-7-4-8-16-34)38-18-10-12-30(2)28-38/h3-7,9-10,12-14,17-23,25-29,34-35H,8,11,15-16,24H2,1-2H3. The van der Waals surface area contributed by atoms with Crippen LogP contribution in [0.4, 0.5) is 17.1 Å². The summed E-state index contributed by atoms with van der Waals surface area (Å²) in [6.45, 7) is 4.48. The third-order valence-electron chi connectivity index (χ3n) is 8.34. The van der Waals surface area contributed by atoms with Gasteiger partial charge in [0, 0.05) is 28.8 Å². The van der Waals surface area contributed by atoms with Crippen LogP contribution in [0.2, 0.25) is 0 Å². The van der Waals surface area contributed by atoms with Crippen LogP contribution >= 0.6 is 0 Å². The Kier molecular flexibility index (Phi) is 7.86. The molecule has 3 aromatic carbocycles. The summed E-state index contributed by atoms with van der Waals surface area (Å²) in [5.41, 5.74) is 8.99. The van der Waals surface area contributed by atoms with Gasteiger partial charge < -0.3 is 9.80 Å². The first-order chi connectivity index (χ1) is 19.7. The molecular weight excluding hydrogens is 484 g/mol. The topological polar surface area (TPSA) is 6.48 Å². The molecule has 0 N–H and O–H groups in total. The van der Waals surface area contributed by atoms with Crippen LogP contribution < -0.4 is 9.80 Å². The van der Waals surface area contributed by atoms with E-state index in [-0.39, 0.29) is 0 Å². The van der Waals surface area contributed by atoms with Gasteiger partial charge in [-0.2, -0.15) is 0 Å². The smallest absolute Gasteiger partial charge is 0.0560 e. The minimum absolute atomic E-state index is 0.294. The van der Waals surface area contributed by atoms with Crippen LogP contribution in [-0.4, -0.2) is 12.1 Å². The minimum Gasteiger partial charge on any atom is -0.338 e. The van der Waals surface area contributed by atoms with E-state index < -0.39 is 0 Å². The van der Waals surface area contributed by atoms with Crippen LogP contribution in [0, 0.1) is 12.8 Å². The maximum absolute atomic E-state index is 2.55. The van der Waals surface area contributed by atoms with Crippen LogP contribution in [0.1, 0.15) is 50.2 Å². The second-order valence-corrected chi connectivity index (χ2v) is 11.4. The average Bonchev–Trinajstić information content (AvgIpc) is 3.00. The number of anilines is 3. The molecule has 0 heterocycles. The zero-order valence-corrected chi connectivity index (χ0v) is 23.8. The van der Waals surface area contributed by atoms with Gasteiger partial charge in [-0.25, -0.2) is 0 Å². The molecule has 202 valence electrons. The van der Waals surface area contributed by atoms with Crippen molar-refractivity contribution in [2.24, 2.45) is 5.92 Å². The minimum atomic E-state index is 0.294. The van der Waals surface area contributed by atoms with Gasteiger partial charge in [-0.3, -0.25) is 0 Å². The highest BCUT2D eigenvalue weighted by atomic mass is 15.2. The predicted octanol–water partition coefficient (Wildman–Crippen LogP) is 9.94. The highest BCUT2D eigenvalue weighted by molar-refractivity contribution is 5.78. The van der Waals surface area contributed by atoms with Crippen molar-refractivity contribution in [3.05, 3.63) is 144 Å². The molecule has 0 amide bonds. The summed E-state index contributed by atoms with van der Waals surface area (Å²) in [6, 6.07) is 29.8. The normalized spacial score (nSPS) is 22.0. The fourth-order valence-corrected chi connectivity index (χ4v) is 6.29. The predicted molar refractivity (Wildman–Crippen MR) is 172 cm³/mol. The third kappa shape index (κ3) is 5.77. The quantitative estimate of drug-likeness (QED) is 0.284. The Morgan fingerprint density at radius 2 is 1.50 bits per heavy atom. The summed E-state index contributed by atoms with van der Waals surface area (Å²) in [7, 11) is 0. The molecule has 0 saturated carbocycles. The lowest BCUT2D eigenvalue weighted by Crippen LogP contribution is -2.34. The van der Waals surface area contributed by atoms with Crippen molar-refractivity contribution >= 4 is 22.6 Å². The Labute approximate surface area is 240 Å². The van der Waals surface area contributed by atoms with Crippen LogP contribution in [0.25, 0.3) is 5.57 Å². The first-order valence-corrected chi connectivity index (χ1v) is 14.9. The van der Waals surface area contributed by atoms with Crippen molar-refractivity contribution in [1.82, 2.24) is 0 Å². The maximum Gasteiger partial charge on any atom is 0.0560 e. The van der Waals surface area contributed by atoms with E-state index in [4.69, 9.17) is 0 Å². The zero-order valence-electron chi connectivity index (χ0n) is 23.8. The van der Waals surface area contributed by atoms with E-state index in [1.807, 2.05) is 0 Å². The molecular formula is C38H40N2. The molecule has 3 aliphatic carbocycles. The molecule has 2 nitrogen and oxygen atoms in total. The summed E-state index contributed by atoms with van der Waals surface area (Å²) >= 11 is 0. The van der Waals surface area contributed by atoms with Gasteiger partial charge in [0.2, 0.25) is 0 Å². The van der Waals surface area contributed by atoms with E-state index in [0.717, 1.165) is 25.7 Å². The highest BCUT2D eigenvalue weighted by Crippen LogP contribution is 2.36. The molecule has 0 aliphatic heterocycles. The Hall–Kier alpha value is -4.04. The largest absolute Gasteiger partial charge is 0.338 e. The third-order valence-corrected chi connectivity index (χ3v) is 8.34. The van der Waals surface area contributed by atoms with E-state index >= 15 is 0 Å². The lowest BCUT2D eigenvalue weighted by atomic mass is 9.93. The Balaban J connectivity index is 1.23. The number of para-hydroxylation sites is 1. The highest BCUT2D eigenvalue weighted by Gasteiger charge is 2.24. The summed E-state index contributed by atoms with van der Waals surface area (Å²) in [6.07, 6.45) is 24.3. The molecule has 3 atom stereocenters. The number of nitrogens with zero attached hydrogens (tertiary/aromatic N) is 2.